The Bertz CT molecular complexity index is 666. The third-order valence-electron chi connectivity index (χ3n) is 5.39. The fraction of sp³-hybridized carbons (Fsp3) is 0.700. The summed E-state index contributed by atoms with van der Waals surface area (Å²) in [7, 11) is 0. The second kappa shape index (κ2) is 6.38. The number of carbonyl (C=O) groups excluding carboxylic acids is 2. The van der Waals surface area contributed by atoms with E-state index in [1.807, 2.05) is 0 Å². The Kier molecular flexibility index (Phi) is 4.58. The maximum Gasteiger partial charge on any atom is 0.224 e. The maximum absolute atomic E-state index is 12.8. The predicted octanol–water partition coefficient (Wildman–Crippen LogP) is 3.43. The Hall–Kier alpha value is -1.58. The molecule has 1 amide bonds. The molecule has 1 aromatic rings. The molecule has 0 spiro atoms. The van der Waals surface area contributed by atoms with Gasteiger partial charge in [-0.2, -0.15) is 0 Å². The van der Waals surface area contributed by atoms with Crippen molar-refractivity contribution in [2.75, 3.05) is 6.54 Å². The van der Waals surface area contributed by atoms with Crippen molar-refractivity contribution in [1.82, 2.24) is 9.88 Å². The molecule has 4 nitrogen and oxygen atoms in total. The molecular weight excluding hydrogens is 300 g/mol. The van der Waals surface area contributed by atoms with Crippen LogP contribution >= 0.6 is 0 Å². The SMILES string of the molecule is CCCn1c(C)c(CC(=O)NCC2CC2)c2c1CC(C)(C)CC2=O. The molecule has 0 atom stereocenters. The highest BCUT2D eigenvalue weighted by Gasteiger charge is 2.36. The number of rotatable bonds is 6. The van der Waals surface area contributed by atoms with Crippen LogP contribution in [0.2, 0.25) is 0 Å². The van der Waals surface area contributed by atoms with E-state index in [1.54, 1.807) is 0 Å². The number of carbonyl (C=O) groups is 2. The zero-order valence-corrected chi connectivity index (χ0v) is 15.5. The molecule has 1 heterocycles. The topological polar surface area (TPSA) is 51.1 Å². The van der Waals surface area contributed by atoms with E-state index in [0.29, 0.717) is 18.8 Å². The first-order valence-corrected chi connectivity index (χ1v) is 9.33. The minimum absolute atomic E-state index is 0.00582. The molecule has 0 aliphatic heterocycles. The molecule has 0 radical (unpaired) electrons. The van der Waals surface area contributed by atoms with Gasteiger partial charge in [0.15, 0.2) is 5.78 Å². The van der Waals surface area contributed by atoms with Crippen LogP contribution in [0.1, 0.15) is 73.8 Å². The summed E-state index contributed by atoms with van der Waals surface area (Å²) in [5.41, 5.74) is 4.08. The van der Waals surface area contributed by atoms with Gasteiger partial charge < -0.3 is 9.88 Å². The van der Waals surface area contributed by atoms with Gasteiger partial charge in [-0.3, -0.25) is 9.59 Å². The normalized spacial score (nSPS) is 19.2. The first kappa shape index (κ1) is 17.2. The maximum atomic E-state index is 12.8. The van der Waals surface area contributed by atoms with E-state index >= 15 is 0 Å². The average Bonchev–Trinajstić information content (AvgIpc) is 3.27. The lowest BCUT2D eigenvalue weighted by Gasteiger charge is -2.30. The van der Waals surface area contributed by atoms with Gasteiger partial charge in [-0.25, -0.2) is 0 Å². The molecular formula is C20H30N2O2. The third kappa shape index (κ3) is 3.42. The average molecular weight is 330 g/mol. The molecule has 2 aliphatic carbocycles. The molecule has 1 saturated carbocycles. The van der Waals surface area contributed by atoms with Crippen LogP contribution in [-0.2, 0) is 24.2 Å². The molecule has 0 aromatic carbocycles. The molecule has 2 aliphatic rings. The van der Waals surface area contributed by atoms with Crippen molar-refractivity contribution in [2.45, 2.75) is 72.8 Å². The molecule has 0 saturated heterocycles. The molecule has 24 heavy (non-hydrogen) atoms. The van der Waals surface area contributed by atoms with Crippen molar-refractivity contribution in [3.05, 3.63) is 22.5 Å². The summed E-state index contributed by atoms with van der Waals surface area (Å²) in [6.07, 6.45) is 5.32. The van der Waals surface area contributed by atoms with E-state index in [9.17, 15) is 9.59 Å². The first-order valence-electron chi connectivity index (χ1n) is 9.33. The molecule has 0 unspecified atom stereocenters. The van der Waals surface area contributed by atoms with Crippen LogP contribution in [0, 0.1) is 18.3 Å². The van der Waals surface area contributed by atoms with Gasteiger partial charge in [-0.05, 0) is 49.5 Å². The van der Waals surface area contributed by atoms with Crippen LogP contribution in [0.4, 0.5) is 0 Å². The van der Waals surface area contributed by atoms with Gasteiger partial charge in [0.2, 0.25) is 5.91 Å². The summed E-state index contributed by atoms with van der Waals surface area (Å²) in [5.74, 6) is 0.944. The number of amides is 1. The van der Waals surface area contributed by atoms with E-state index in [-0.39, 0.29) is 17.1 Å². The predicted molar refractivity (Wildman–Crippen MR) is 95.3 cm³/mol. The largest absolute Gasteiger partial charge is 0.356 e. The Labute approximate surface area is 145 Å². The van der Waals surface area contributed by atoms with Gasteiger partial charge in [-0.1, -0.05) is 20.8 Å². The van der Waals surface area contributed by atoms with Crippen molar-refractivity contribution in [1.29, 1.82) is 0 Å². The lowest BCUT2D eigenvalue weighted by atomic mass is 9.75. The lowest BCUT2D eigenvalue weighted by molar-refractivity contribution is -0.120. The summed E-state index contributed by atoms with van der Waals surface area (Å²) < 4.78 is 2.29. The number of nitrogens with one attached hydrogen (secondary N) is 1. The van der Waals surface area contributed by atoms with Crippen LogP contribution < -0.4 is 5.32 Å². The van der Waals surface area contributed by atoms with E-state index in [4.69, 9.17) is 0 Å². The molecule has 0 bridgehead atoms. The Balaban J connectivity index is 1.90. The van der Waals surface area contributed by atoms with Crippen molar-refractivity contribution in [3.8, 4) is 0 Å². The number of aromatic nitrogens is 1. The van der Waals surface area contributed by atoms with E-state index in [2.05, 4.69) is 37.6 Å². The smallest absolute Gasteiger partial charge is 0.224 e. The number of hydrogen-bond donors (Lipinski definition) is 1. The summed E-state index contributed by atoms with van der Waals surface area (Å²) >= 11 is 0. The standard InChI is InChI=1S/C20H30N2O2/c1-5-8-22-13(2)15(9-18(24)21-12-14-6-7-14)19-16(22)10-20(3,4)11-17(19)23/h14H,5-12H2,1-4H3,(H,21,24). The van der Waals surface area contributed by atoms with Crippen molar-refractivity contribution in [2.24, 2.45) is 11.3 Å². The minimum atomic E-state index is 0.00582. The molecule has 3 rings (SSSR count). The van der Waals surface area contributed by atoms with Crippen LogP contribution in [0.3, 0.4) is 0 Å². The van der Waals surface area contributed by atoms with Crippen molar-refractivity contribution < 1.29 is 9.59 Å². The number of Topliss-reactive ketones (excluding diaryl/α,β-unsaturated/α-hetero) is 1. The van der Waals surface area contributed by atoms with E-state index < -0.39 is 0 Å². The highest BCUT2D eigenvalue weighted by atomic mass is 16.1. The lowest BCUT2D eigenvalue weighted by Crippen LogP contribution is -2.30. The fourth-order valence-electron chi connectivity index (χ4n) is 3.95. The highest BCUT2D eigenvalue weighted by molar-refractivity contribution is 6.01. The van der Waals surface area contributed by atoms with Crippen molar-refractivity contribution >= 4 is 11.7 Å². The monoisotopic (exact) mass is 330 g/mol. The van der Waals surface area contributed by atoms with Gasteiger partial charge in [-0.15, -0.1) is 0 Å². The second-order valence-corrected chi connectivity index (χ2v) is 8.40. The third-order valence-corrected chi connectivity index (χ3v) is 5.39. The van der Waals surface area contributed by atoms with Gasteiger partial charge in [0.1, 0.15) is 0 Å². The zero-order chi connectivity index (χ0) is 17.5. The highest BCUT2D eigenvalue weighted by Crippen LogP contribution is 2.39. The molecule has 4 heteroatoms. The van der Waals surface area contributed by atoms with Crippen LogP contribution in [0.25, 0.3) is 0 Å². The van der Waals surface area contributed by atoms with Gasteiger partial charge in [0.25, 0.3) is 0 Å². The van der Waals surface area contributed by atoms with Gasteiger partial charge >= 0.3 is 0 Å². The Morgan fingerprint density at radius 3 is 2.62 bits per heavy atom. The Morgan fingerprint density at radius 1 is 1.29 bits per heavy atom. The van der Waals surface area contributed by atoms with Crippen molar-refractivity contribution in [3.63, 3.8) is 0 Å². The fourth-order valence-corrected chi connectivity index (χ4v) is 3.95. The van der Waals surface area contributed by atoms with Crippen LogP contribution in [0.5, 0.6) is 0 Å². The molecule has 1 fully saturated rings. The molecule has 132 valence electrons. The quantitative estimate of drug-likeness (QED) is 0.869. The summed E-state index contributed by atoms with van der Waals surface area (Å²) in [5, 5.41) is 3.04. The van der Waals surface area contributed by atoms with E-state index in [0.717, 1.165) is 48.4 Å². The van der Waals surface area contributed by atoms with E-state index in [1.165, 1.54) is 12.8 Å². The second-order valence-electron chi connectivity index (χ2n) is 8.40. The first-order chi connectivity index (χ1) is 11.3. The van der Waals surface area contributed by atoms with Crippen LogP contribution in [0.15, 0.2) is 0 Å². The molecule has 1 aromatic heterocycles. The number of hydrogen-bond acceptors (Lipinski definition) is 2. The minimum Gasteiger partial charge on any atom is -0.356 e. The number of fused-ring (bicyclic) bond motifs is 1. The van der Waals surface area contributed by atoms with Gasteiger partial charge in [0.05, 0.1) is 6.42 Å². The van der Waals surface area contributed by atoms with Gasteiger partial charge in [0, 0.05) is 36.5 Å². The zero-order valence-electron chi connectivity index (χ0n) is 15.5. The summed E-state index contributed by atoms with van der Waals surface area (Å²) in [4.78, 5) is 25.2. The number of ketones is 1. The molecule has 1 N–H and O–H groups in total. The number of nitrogens with zero attached hydrogens (tertiary/aromatic N) is 1. The summed E-state index contributed by atoms with van der Waals surface area (Å²) in [6, 6.07) is 0. The summed E-state index contributed by atoms with van der Waals surface area (Å²) in [6.45, 7) is 10.3. The van der Waals surface area contributed by atoms with Crippen LogP contribution in [-0.4, -0.2) is 22.8 Å². The Morgan fingerprint density at radius 2 is 2.00 bits per heavy atom.